The van der Waals surface area contributed by atoms with Gasteiger partial charge in [-0.3, -0.25) is 4.79 Å². The lowest BCUT2D eigenvalue weighted by atomic mass is 9.99. The van der Waals surface area contributed by atoms with Gasteiger partial charge in [-0.25, -0.2) is 0 Å². The summed E-state index contributed by atoms with van der Waals surface area (Å²) in [6.07, 6.45) is 51.5. The first kappa shape index (κ1) is 65.6. The van der Waals surface area contributed by atoms with Crippen molar-refractivity contribution >= 4 is 5.91 Å². The summed E-state index contributed by atoms with van der Waals surface area (Å²) in [5, 5.41) is 65.0. The average Bonchev–Trinajstić information content (AvgIpc) is 3.35. The summed E-state index contributed by atoms with van der Waals surface area (Å²) >= 11 is 0. The lowest BCUT2D eigenvalue weighted by Gasteiger charge is -2.40. The Bertz CT molecular complexity index is 1150. The second-order valence-corrected chi connectivity index (χ2v) is 20.9. The fourth-order valence-corrected chi connectivity index (χ4v) is 9.57. The van der Waals surface area contributed by atoms with E-state index in [1.807, 2.05) is 6.08 Å². The van der Waals surface area contributed by atoms with Gasteiger partial charge in [0.15, 0.2) is 6.29 Å². The molecular formula is C59H113NO9. The van der Waals surface area contributed by atoms with Crippen LogP contribution in [0, 0.1) is 0 Å². The molecule has 1 heterocycles. The maximum absolute atomic E-state index is 13.1. The molecule has 0 aromatic heterocycles. The molecule has 0 bridgehead atoms. The normalized spacial score (nSPS) is 20.0. The molecule has 1 aliphatic heterocycles. The van der Waals surface area contributed by atoms with Crippen molar-refractivity contribution in [3.05, 3.63) is 24.3 Å². The molecule has 1 aliphatic rings. The third kappa shape index (κ3) is 38.0. The van der Waals surface area contributed by atoms with E-state index in [0.717, 1.165) is 44.9 Å². The van der Waals surface area contributed by atoms with Crippen LogP contribution in [0.15, 0.2) is 24.3 Å². The van der Waals surface area contributed by atoms with Crippen molar-refractivity contribution in [1.29, 1.82) is 0 Å². The number of hydrogen-bond donors (Lipinski definition) is 7. The summed E-state index contributed by atoms with van der Waals surface area (Å²) in [5.74, 6) is -0.613. The van der Waals surface area contributed by atoms with E-state index in [0.29, 0.717) is 6.42 Å². The van der Waals surface area contributed by atoms with Crippen LogP contribution in [0.2, 0.25) is 0 Å². The van der Waals surface area contributed by atoms with Gasteiger partial charge in [0, 0.05) is 0 Å². The average molecular weight is 981 g/mol. The van der Waals surface area contributed by atoms with Crippen LogP contribution < -0.4 is 5.32 Å². The summed E-state index contributed by atoms with van der Waals surface area (Å²) in [7, 11) is 0. The molecule has 0 spiro atoms. The van der Waals surface area contributed by atoms with Gasteiger partial charge in [0.1, 0.15) is 30.5 Å². The number of nitrogens with one attached hydrogen (secondary N) is 1. The first-order chi connectivity index (χ1) is 33.8. The van der Waals surface area contributed by atoms with Crippen molar-refractivity contribution in [3.63, 3.8) is 0 Å². The number of ether oxygens (including phenoxy) is 2. The van der Waals surface area contributed by atoms with Crippen molar-refractivity contribution in [2.24, 2.45) is 0 Å². The number of carbonyl (C=O) groups excluding carboxylic acids is 1. The zero-order chi connectivity index (χ0) is 50.3. The highest BCUT2D eigenvalue weighted by atomic mass is 16.7. The van der Waals surface area contributed by atoms with Crippen molar-refractivity contribution in [2.45, 2.75) is 332 Å². The van der Waals surface area contributed by atoms with Gasteiger partial charge in [-0.2, -0.15) is 0 Å². The Morgan fingerprint density at radius 3 is 1.22 bits per heavy atom. The molecule has 8 unspecified atom stereocenters. The second kappa shape index (κ2) is 48.9. The summed E-state index contributed by atoms with van der Waals surface area (Å²) in [4.78, 5) is 13.1. The Morgan fingerprint density at radius 2 is 0.841 bits per heavy atom. The van der Waals surface area contributed by atoms with Crippen LogP contribution in [0.3, 0.4) is 0 Å². The standard InChI is InChI=1S/C59H113NO9/c1-3-5-7-9-11-13-15-17-19-20-21-22-23-24-25-26-27-28-29-30-31-32-34-36-38-40-42-44-46-48-53(63)58(67)60-51(50-68-59-57(66)56(65)55(64)54(49-61)69-59)52(62)47-45-43-41-39-37-35-33-18-16-14-12-10-8-6-4-2/h24-25,45,47,51-57,59,61-66H,3-23,26-44,46,48-50H2,1-2H3,(H,60,67)/b25-24-,47-45+. The molecule has 408 valence electrons. The van der Waals surface area contributed by atoms with Gasteiger partial charge in [0.25, 0.3) is 0 Å². The second-order valence-electron chi connectivity index (χ2n) is 20.9. The van der Waals surface area contributed by atoms with Crippen LogP contribution in [-0.4, -0.2) is 98.7 Å². The molecule has 7 N–H and O–H groups in total. The molecule has 0 aromatic rings. The van der Waals surface area contributed by atoms with E-state index < -0.39 is 61.5 Å². The molecule has 0 aromatic carbocycles. The third-order valence-corrected chi connectivity index (χ3v) is 14.4. The number of unbranched alkanes of at least 4 members (excludes halogenated alkanes) is 38. The number of allylic oxidation sites excluding steroid dienone is 3. The smallest absolute Gasteiger partial charge is 0.249 e. The van der Waals surface area contributed by atoms with Gasteiger partial charge in [-0.1, -0.05) is 263 Å². The number of hydrogen-bond acceptors (Lipinski definition) is 9. The van der Waals surface area contributed by atoms with E-state index in [1.54, 1.807) is 6.08 Å². The number of aliphatic hydroxyl groups is 6. The van der Waals surface area contributed by atoms with E-state index in [1.165, 1.54) is 218 Å². The van der Waals surface area contributed by atoms with Crippen LogP contribution in [0.25, 0.3) is 0 Å². The number of aliphatic hydroxyl groups excluding tert-OH is 6. The Balaban J connectivity index is 2.20. The molecular weight excluding hydrogens is 867 g/mol. The van der Waals surface area contributed by atoms with Gasteiger partial charge in [-0.05, 0) is 44.9 Å². The fraction of sp³-hybridized carbons (Fsp3) is 0.915. The Kier molecular flexibility index (Phi) is 46.5. The Morgan fingerprint density at radius 1 is 0.493 bits per heavy atom. The monoisotopic (exact) mass is 980 g/mol. The van der Waals surface area contributed by atoms with Crippen LogP contribution in [-0.2, 0) is 14.3 Å². The van der Waals surface area contributed by atoms with Crippen LogP contribution in [0.5, 0.6) is 0 Å². The lowest BCUT2D eigenvalue weighted by molar-refractivity contribution is -0.302. The van der Waals surface area contributed by atoms with Crippen LogP contribution >= 0.6 is 0 Å². The SMILES string of the molecule is CCCCCCCCCCCCCC/C=C\CCCCCCCCCCCCCCCC(O)C(=O)NC(COC1OC(CO)C(O)C(O)C1O)C(O)/C=C/CCCCCCCCCCCCCCC. The Hall–Kier alpha value is -1.37. The van der Waals surface area contributed by atoms with E-state index in [-0.39, 0.29) is 6.61 Å². The van der Waals surface area contributed by atoms with Gasteiger partial charge < -0.3 is 45.4 Å². The maximum Gasteiger partial charge on any atom is 0.249 e. The molecule has 1 saturated heterocycles. The molecule has 10 heteroatoms. The van der Waals surface area contributed by atoms with Gasteiger partial charge in [0.2, 0.25) is 5.91 Å². The highest BCUT2D eigenvalue weighted by molar-refractivity contribution is 5.80. The highest BCUT2D eigenvalue weighted by Crippen LogP contribution is 2.23. The van der Waals surface area contributed by atoms with Gasteiger partial charge in [-0.15, -0.1) is 0 Å². The summed E-state index contributed by atoms with van der Waals surface area (Å²) < 4.78 is 11.2. The molecule has 0 saturated carbocycles. The van der Waals surface area contributed by atoms with Crippen LogP contribution in [0.1, 0.15) is 284 Å². The molecule has 8 atom stereocenters. The lowest BCUT2D eigenvalue weighted by Crippen LogP contribution is -2.60. The van der Waals surface area contributed by atoms with E-state index >= 15 is 0 Å². The summed E-state index contributed by atoms with van der Waals surface area (Å²) in [6, 6.07) is -0.978. The van der Waals surface area contributed by atoms with Crippen molar-refractivity contribution < 1.29 is 44.9 Å². The predicted molar refractivity (Wildman–Crippen MR) is 287 cm³/mol. The van der Waals surface area contributed by atoms with Gasteiger partial charge >= 0.3 is 0 Å². The highest BCUT2D eigenvalue weighted by Gasteiger charge is 2.44. The summed E-state index contributed by atoms with van der Waals surface area (Å²) in [5.41, 5.74) is 0. The van der Waals surface area contributed by atoms with Crippen LogP contribution in [0.4, 0.5) is 0 Å². The third-order valence-electron chi connectivity index (χ3n) is 14.4. The van der Waals surface area contributed by atoms with Crippen molar-refractivity contribution in [1.82, 2.24) is 5.32 Å². The van der Waals surface area contributed by atoms with Gasteiger partial charge in [0.05, 0.1) is 25.4 Å². The minimum absolute atomic E-state index is 0.303. The zero-order valence-corrected chi connectivity index (χ0v) is 44.9. The first-order valence-electron chi connectivity index (χ1n) is 29.7. The largest absolute Gasteiger partial charge is 0.394 e. The Labute approximate surface area is 424 Å². The minimum atomic E-state index is -1.61. The molecule has 69 heavy (non-hydrogen) atoms. The summed E-state index contributed by atoms with van der Waals surface area (Å²) in [6.45, 7) is 3.64. The minimum Gasteiger partial charge on any atom is -0.394 e. The molecule has 1 rings (SSSR count). The predicted octanol–water partition coefficient (Wildman–Crippen LogP) is 13.5. The molecule has 0 radical (unpaired) electrons. The number of amides is 1. The topological polar surface area (TPSA) is 169 Å². The number of carbonyl (C=O) groups is 1. The van der Waals surface area contributed by atoms with E-state index in [9.17, 15) is 35.4 Å². The van der Waals surface area contributed by atoms with E-state index in [2.05, 4.69) is 31.3 Å². The number of rotatable bonds is 51. The zero-order valence-electron chi connectivity index (χ0n) is 44.9. The molecule has 10 nitrogen and oxygen atoms in total. The first-order valence-corrected chi connectivity index (χ1v) is 29.7. The van der Waals surface area contributed by atoms with Crippen molar-refractivity contribution in [3.8, 4) is 0 Å². The van der Waals surface area contributed by atoms with Crippen molar-refractivity contribution in [2.75, 3.05) is 13.2 Å². The fourth-order valence-electron chi connectivity index (χ4n) is 9.57. The quantitative estimate of drug-likeness (QED) is 0.0232. The molecule has 1 amide bonds. The molecule has 1 fully saturated rings. The molecule has 0 aliphatic carbocycles. The maximum atomic E-state index is 13.1. The van der Waals surface area contributed by atoms with E-state index in [4.69, 9.17) is 9.47 Å².